The van der Waals surface area contributed by atoms with E-state index in [1.807, 2.05) is 57.2 Å². The largest absolute Gasteiger partial charge is 0.497 e. The molecular weight excluding hydrogens is 1870 g/mol. The second-order valence-corrected chi connectivity index (χ2v) is 38.0. The zero-order valence-electron chi connectivity index (χ0n) is 79.9. The van der Waals surface area contributed by atoms with Gasteiger partial charge in [-0.15, -0.1) is 112 Å². The fourth-order valence-corrected chi connectivity index (χ4v) is 20.4. The van der Waals surface area contributed by atoms with Crippen molar-refractivity contribution in [3.8, 4) is 5.75 Å². The highest BCUT2D eigenvalue weighted by Crippen LogP contribution is 2.43. The number of halogens is 12. The van der Waals surface area contributed by atoms with E-state index in [0.717, 1.165) is 102 Å². The number of aliphatic hydroxyl groups excluding tert-OH is 9. The Morgan fingerprint density at radius 2 is 0.549 bits per heavy atom. The molecule has 9 fully saturated rings. The summed E-state index contributed by atoms with van der Waals surface area (Å²) in [5, 5.41) is 91.9. The fraction of sp³-hybridized carbons (Fsp3) is 0.586. The van der Waals surface area contributed by atoms with Crippen LogP contribution in [0.4, 0.5) is 13.2 Å². The third-order valence-electron chi connectivity index (χ3n) is 28.4. The molecule has 756 valence electrons. The van der Waals surface area contributed by atoms with Gasteiger partial charge < -0.3 is 50.7 Å². The van der Waals surface area contributed by atoms with Crippen LogP contribution in [0, 0.1) is 105 Å². The van der Waals surface area contributed by atoms with Crippen LogP contribution in [0.15, 0.2) is 164 Å². The van der Waals surface area contributed by atoms with Crippen LogP contribution in [0.5, 0.6) is 5.75 Å². The minimum absolute atomic E-state index is 0. The molecule has 0 radical (unpaired) electrons. The molecule has 9 N–H and O–H groups in total. The van der Waals surface area contributed by atoms with Gasteiger partial charge in [0.05, 0.1) is 62.0 Å². The lowest BCUT2D eigenvalue weighted by Crippen LogP contribution is -2.11. The third kappa shape index (κ3) is 43.1. The van der Waals surface area contributed by atoms with Crippen LogP contribution in [0.25, 0.3) is 10.8 Å². The highest BCUT2D eigenvalue weighted by molar-refractivity contribution is 5.86. The van der Waals surface area contributed by atoms with Gasteiger partial charge in [-0.25, -0.2) is 13.2 Å². The standard InChI is InChI=1S/C16H18O.C15H22O2.C13H16F2O.C13H17FO.3C13H18O.2C7H14O.CH4.9ClH/c17-16(13-6-2-3-7-13)15-10-9-12-5-1-4-8-14(12)11-15;1-3-11-8-13(10-14(9-11)17-2)15(16)12-6-4-5-7-12;1-8-11(14)6-10(7-12(8)15)13(16)9-4-2-3-5-9;1-9-6-11(8-12(14)7-9)13(15)10-4-2-3-5-10;1-10-5-4-8-12(9-10)13(14)11-6-2-3-7-11;2*1-10-6-8-12(9-7-10)13(14)11-4-2-3-5-11;2*1-6(8)7-4-2-3-5-7;;;;;;;;;;/h1,4-5,8-11,13,16-17H,2-3,6-7H2;8-10,12,15-16H,3-7H2,1-2H3;6-7,9,13,16H,2-5H2,1H3;6-8,10,13,15H,2-5H2,1H3;4-5,8-9,11,13-14H,2-3,6-7H2,1H3;2*6-9,11,13-14H,2-5H2,1H3;2*6-8H,2-5H2,1H3;1H4;9*1H/t16-;15-;5*13-;2*6-;;;;;;;;;;/m111111110........../s1. The summed E-state index contributed by atoms with van der Waals surface area (Å²) >= 11 is 0. The van der Waals surface area contributed by atoms with Gasteiger partial charge in [0.25, 0.3) is 0 Å². The van der Waals surface area contributed by atoms with Crippen molar-refractivity contribution in [3.63, 3.8) is 0 Å². The Hall–Kier alpha value is -4.14. The molecule has 0 amide bonds. The van der Waals surface area contributed by atoms with Crippen molar-refractivity contribution in [2.75, 3.05) is 7.11 Å². The number of fused-ring (bicyclic) bond motifs is 1. The predicted octanol–water partition coefficient (Wildman–Crippen LogP) is 31.6. The molecule has 0 unspecified atom stereocenters. The van der Waals surface area contributed by atoms with Crippen molar-refractivity contribution in [2.24, 2.45) is 53.3 Å². The molecular formula is C111H168Cl9F3O10. The SMILES string of the molecule is C.CCc1cc(OC)cc([C@H](O)C2CCCC2)c1.C[C@@H](O)C1CCCC1.C[C@H](O)C1CCCC1.Cc1c(F)cc([C@H](O)C2CCCC2)cc1F.Cc1cc(F)cc([C@H](O)C2CCCC2)c1.Cc1ccc([C@H](O)C2CCCC2)cc1.Cc1ccc([C@H](O)C2CCCC2)cc1.Cc1cccc([C@H](O)C2CCCC2)c1.Cl.Cl.Cl.Cl.Cl.Cl.Cl.Cl.Cl.O[C@@H](c1ccc2ccccc2c1)C1CCCC1. The second kappa shape index (κ2) is 69.7. The normalized spacial score (nSPS) is 18.6. The molecule has 9 aliphatic rings. The van der Waals surface area contributed by atoms with Crippen molar-refractivity contribution in [1.82, 2.24) is 0 Å². The van der Waals surface area contributed by atoms with E-state index in [4.69, 9.17) is 14.9 Å². The van der Waals surface area contributed by atoms with Crippen molar-refractivity contribution in [1.29, 1.82) is 0 Å². The average Bonchev–Trinajstić information content (AvgIpc) is 1.82. The molecule has 0 saturated heterocycles. The number of aliphatic hydroxyl groups is 9. The Morgan fingerprint density at radius 1 is 0.271 bits per heavy atom. The average molecular weight is 2040 g/mol. The van der Waals surface area contributed by atoms with Crippen molar-refractivity contribution in [2.45, 2.75) is 355 Å². The van der Waals surface area contributed by atoms with E-state index in [2.05, 4.69) is 131 Å². The van der Waals surface area contributed by atoms with Gasteiger partial charge in [-0.3, -0.25) is 0 Å². The number of hydrogen-bond donors (Lipinski definition) is 9. The highest BCUT2D eigenvalue weighted by atomic mass is 35.5. The van der Waals surface area contributed by atoms with Crippen LogP contribution in [-0.2, 0) is 6.42 Å². The monoisotopic (exact) mass is 2030 g/mol. The molecule has 9 aliphatic carbocycles. The summed E-state index contributed by atoms with van der Waals surface area (Å²) in [7, 11) is 1.68. The highest BCUT2D eigenvalue weighted by Gasteiger charge is 2.32. The summed E-state index contributed by atoms with van der Waals surface area (Å²) in [5.41, 5.74) is 12.3. The van der Waals surface area contributed by atoms with Crippen molar-refractivity contribution in [3.05, 3.63) is 254 Å². The van der Waals surface area contributed by atoms with Gasteiger partial charge in [-0.1, -0.05) is 268 Å². The molecule has 22 heteroatoms. The molecule has 17 rings (SSSR count). The molecule has 9 atom stereocenters. The number of rotatable bonds is 18. The van der Waals surface area contributed by atoms with Gasteiger partial charge in [0.15, 0.2) is 0 Å². The molecule has 0 aromatic heterocycles. The van der Waals surface area contributed by atoms with Gasteiger partial charge in [0, 0.05) is 5.56 Å². The van der Waals surface area contributed by atoms with E-state index in [1.165, 1.54) is 244 Å². The van der Waals surface area contributed by atoms with E-state index >= 15 is 0 Å². The van der Waals surface area contributed by atoms with Gasteiger partial charge >= 0.3 is 0 Å². The summed E-state index contributed by atoms with van der Waals surface area (Å²) in [6, 6.07) is 52.9. The maximum absolute atomic E-state index is 13.3. The van der Waals surface area contributed by atoms with Crippen LogP contribution < -0.4 is 4.74 Å². The molecule has 0 spiro atoms. The minimum Gasteiger partial charge on any atom is -0.497 e. The summed E-state index contributed by atoms with van der Waals surface area (Å²) in [4.78, 5) is 0. The smallest absolute Gasteiger partial charge is 0.129 e. The zero-order chi connectivity index (χ0) is 88.3. The number of methoxy groups -OCH3 is 1. The Balaban J connectivity index is 0. The first-order valence-corrected chi connectivity index (χ1v) is 48.0. The summed E-state index contributed by atoms with van der Waals surface area (Å²) in [5.74, 6) is 3.57. The molecule has 133 heavy (non-hydrogen) atoms. The fourth-order valence-electron chi connectivity index (χ4n) is 20.4. The van der Waals surface area contributed by atoms with Gasteiger partial charge in [-0.05, 0) is 327 Å². The molecule has 0 heterocycles. The quantitative estimate of drug-likeness (QED) is 0.0400. The predicted molar refractivity (Wildman–Crippen MR) is 570 cm³/mol. The van der Waals surface area contributed by atoms with Gasteiger partial charge in [-0.2, -0.15) is 0 Å². The van der Waals surface area contributed by atoms with Crippen LogP contribution >= 0.6 is 112 Å². The van der Waals surface area contributed by atoms with E-state index in [9.17, 15) is 48.9 Å². The number of aryl methyl sites for hydroxylation is 5. The first-order valence-electron chi connectivity index (χ1n) is 48.0. The van der Waals surface area contributed by atoms with Crippen molar-refractivity contribution >= 4 is 122 Å². The Labute approximate surface area is 854 Å². The van der Waals surface area contributed by atoms with Crippen LogP contribution in [0.3, 0.4) is 0 Å². The first-order chi connectivity index (χ1) is 59.3. The number of benzene rings is 8. The topological polar surface area (TPSA) is 191 Å². The van der Waals surface area contributed by atoms with E-state index in [0.29, 0.717) is 52.9 Å². The van der Waals surface area contributed by atoms with Gasteiger partial charge in [0.2, 0.25) is 0 Å². The maximum atomic E-state index is 13.3. The molecule has 10 nitrogen and oxygen atoms in total. The number of ether oxygens (including phenoxy) is 1. The lowest BCUT2D eigenvalue weighted by atomic mass is 9.93. The molecule has 0 bridgehead atoms. The van der Waals surface area contributed by atoms with Crippen molar-refractivity contribution < 1.29 is 63.9 Å². The second-order valence-electron chi connectivity index (χ2n) is 38.0. The Morgan fingerprint density at radius 3 is 0.850 bits per heavy atom. The Bertz CT molecular complexity index is 4160. The molecule has 9 saturated carbocycles. The van der Waals surface area contributed by atoms with Crippen LogP contribution in [0.1, 0.15) is 374 Å². The van der Waals surface area contributed by atoms with E-state index < -0.39 is 23.8 Å². The van der Waals surface area contributed by atoms with Crippen LogP contribution in [0.2, 0.25) is 0 Å². The lowest BCUT2D eigenvalue weighted by Gasteiger charge is -2.19. The zero-order valence-corrected chi connectivity index (χ0v) is 87.2. The molecule has 8 aromatic carbocycles. The lowest BCUT2D eigenvalue weighted by molar-refractivity contribution is 0.111. The Kier molecular flexibility index (Phi) is 68.6. The molecule has 8 aromatic rings. The maximum Gasteiger partial charge on any atom is 0.129 e. The van der Waals surface area contributed by atoms with E-state index in [-0.39, 0.29) is 179 Å². The summed E-state index contributed by atoms with van der Waals surface area (Å²) in [6.45, 7) is 15.4. The minimum atomic E-state index is -0.730. The van der Waals surface area contributed by atoms with Crippen LogP contribution in [-0.4, -0.2) is 65.3 Å². The third-order valence-corrected chi connectivity index (χ3v) is 28.4. The first kappa shape index (κ1) is 131. The molecule has 0 aliphatic heterocycles. The number of hydrogen-bond acceptors (Lipinski definition) is 10. The summed E-state index contributed by atoms with van der Waals surface area (Å²) < 4.78 is 45.1. The van der Waals surface area contributed by atoms with Gasteiger partial charge in [0.1, 0.15) is 23.2 Å². The van der Waals surface area contributed by atoms with E-state index in [1.54, 1.807) is 7.11 Å². The summed E-state index contributed by atoms with van der Waals surface area (Å²) in [6.07, 6.45) is 41.8.